The first-order chi connectivity index (χ1) is 16.8. The van der Waals surface area contributed by atoms with Crippen molar-refractivity contribution < 1.29 is 0 Å². The molecular formula is C31H37N3. The van der Waals surface area contributed by atoms with Gasteiger partial charge < -0.3 is 4.90 Å². The number of anilines is 1. The number of piperidine rings is 1. The van der Waals surface area contributed by atoms with Crippen molar-refractivity contribution in [3.63, 3.8) is 0 Å². The van der Waals surface area contributed by atoms with Crippen molar-refractivity contribution in [2.75, 3.05) is 37.6 Å². The van der Waals surface area contributed by atoms with Gasteiger partial charge in [0.05, 0.1) is 6.04 Å². The van der Waals surface area contributed by atoms with Gasteiger partial charge in [-0.15, -0.1) is 0 Å². The van der Waals surface area contributed by atoms with Crippen molar-refractivity contribution in [2.24, 2.45) is 0 Å². The molecule has 0 atom stereocenters. The molecule has 0 saturated carbocycles. The zero-order valence-corrected chi connectivity index (χ0v) is 20.3. The first-order valence-electron chi connectivity index (χ1n) is 13.3. The number of benzene rings is 3. The van der Waals surface area contributed by atoms with Gasteiger partial charge in [0, 0.05) is 51.0 Å². The lowest BCUT2D eigenvalue weighted by molar-refractivity contribution is 0.0843. The SMILES string of the molecule is c1ccc(C(c2ccccc2)N2CCC(N3CCc4cc(N5CCCC5)ccc4C3)CC2)cc1. The summed E-state index contributed by atoms with van der Waals surface area (Å²) in [6, 6.07) is 30.5. The maximum absolute atomic E-state index is 2.77. The third kappa shape index (κ3) is 4.52. The quantitative estimate of drug-likeness (QED) is 0.478. The molecule has 3 heterocycles. The van der Waals surface area contributed by atoms with E-state index in [9.17, 15) is 0 Å². The summed E-state index contributed by atoms with van der Waals surface area (Å²) < 4.78 is 0. The zero-order chi connectivity index (χ0) is 22.7. The van der Waals surface area contributed by atoms with E-state index in [0.717, 1.165) is 19.6 Å². The fourth-order valence-electron chi connectivity index (χ4n) is 6.44. The number of fused-ring (bicyclic) bond motifs is 1. The van der Waals surface area contributed by atoms with Crippen molar-refractivity contribution >= 4 is 5.69 Å². The van der Waals surface area contributed by atoms with E-state index >= 15 is 0 Å². The second-order valence-corrected chi connectivity index (χ2v) is 10.4. The highest BCUT2D eigenvalue weighted by atomic mass is 15.2. The van der Waals surface area contributed by atoms with Crippen LogP contribution in [0.3, 0.4) is 0 Å². The van der Waals surface area contributed by atoms with Crippen LogP contribution in [0.2, 0.25) is 0 Å². The number of likely N-dealkylation sites (tertiary alicyclic amines) is 1. The lowest BCUT2D eigenvalue weighted by Gasteiger charge is -2.43. The Bertz CT molecular complexity index is 1030. The topological polar surface area (TPSA) is 9.72 Å². The van der Waals surface area contributed by atoms with E-state index in [1.807, 2.05) is 0 Å². The van der Waals surface area contributed by atoms with E-state index in [1.54, 1.807) is 11.1 Å². The predicted molar refractivity (Wildman–Crippen MR) is 141 cm³/mol. The van der Waals surface area contributed by atoms with Gasteiger partial charge in [0.2, 0.25) is 0 Å². The Morgan fingerprint density at radius 2 is 1.29 bits per heavy atom. The maximum atomic E-state index is 2.77. The van der Waals surface area contributed by atoms with Gasteiger partial charge >= 0.3 is 0 Å². The van der Waals surface area contributed by atoms with E-state index in [-0.39, 0.29) is 0 Å². The van der Waals surface area contributed by atoms with Crippen LogP contribution in [0.25, 0.3) is 0 Å². The van der Waals surface area contributed by atoms with Crippen molar-refractivity contribution in [2.45, 2.75) is 50.7 Å². The van der Waals surface area contributed by atoms with E-state index in [1.165, 1.54) is 68.6 Å². The van der Waals surface area contributed by atoms with Gasteiger partial charge in [0.1, 0.15) is 0 Å². The molecule has 3 aromatic rings. The average Bonchev–Trinajstić information content (AvgIpc) is 3.45. The normalized spacial score (nSPS) is 20.1. The van der Waals surface area contributed by atoms with Crippen LogP contribution >= 0.6 is 0 Å². The van der Waals surface area contributed by atoms with Gasteiger partial charge in [-0.2, -0.15) is 0 Å². The second kappa shape index (κ2) is 9.93. The average molecular weight is 452 g/mol. The first kappa shape index (κ1) is 21.9. The third-order valence-corrected chi connectivity index (χ3v) is 8.31. The standard InChI is InChI=1S/C31H37N3/c1-3-9-25(10-4-1)31(26-11-5-2-6-12-26)33-21-16-29(17-22-33)34-20-15-27-23-30(14-13-28(27)24-34)32-18-7-8-19-32/h1-6,9-14,23,29,31H,7-8,15-22,24H2. The summed E-state index contributed by atoms with van der Waals surface area (Å²) in [5.74, 6) is 0. The molecule has 34 heavy (non-hydrogen) atoms. The summed E-state index contributed by atoms with van der Waals surface area (Å²) >= 11 is 0. The highest BCUT2D eigenvalue weighted by Gasteiger charge is 2.31. The van der Waals surface area contributed by atoms with Gasteiger partial charge in [-0.05, 0) is 66.5 Å². The van der Waals surface area contributed by atoms with Gasteiger partial charge in [0.15, 0.2) is 0 Å². The van der Waals surface area contributed by atoms with Gasteiger partial charge in [0.25, 0.3) is 0 Å². The maximum Gasteiger partial charge on any atom is 0.0601 e. The Balaban J connectivity index is 1.12. The molecule has 2 fully saturated rings. The van der Waals surface area contributed by atoms with Crippen LogP contribution in [-0.4, -0.2) is 48.6 Å². The molecule has 2 saturated heterocycles. The highest BCUT2D eigenvalue weighted by molar-refractivity contribution is 5.52. The van der Waals surface area contributed by atoms with Crippen LogP contribution in [-0.2, 0) is 13.0 Å². The molecular weight excluding hydrogens is 414 g/mol. The van der Waals surface area contributed by atoms with Gasteiger partial charge in [-0.3, -0.25) is 9.80 Å². The summed E-state index contributed by atoms with van der Waals surface area (Å²) in [7, 11) is 0. The van der Waals surface area contributed by atoms with E-state index in [0.29, 0.717) is 12.1 Å². The van der Waals surface area contributed by atoms with Crippen LogP contribution in [0.1, 0.15) is 54.0 Å². The molecule has 6 rings (SSSR count). The van der Waals surface area contributed by atoms with Crippen LogP contribution in [0.4, 0.5) is 5.69 Å². The second-order valence-electron chi connectivity index (χ2n) is 10.4. The van der Waals surface area contributed by atoms with Crippen LogP contribution in [0.5, 0.6) is 0 Å². The number of nitrogens with zero attached hydrogens (tertiary/aromatic N) is 3. The minimum Gasteiger partial charge on any atom is -0.372 e. The molecule has 0 unspecified atom stereocenters. The number of rotatable bonds is 5. The van der Waals surface area contributed by atoms with Crippen LogP contribution < -0.4 is 4.90 Å². The number of hydrogen-bond donors (Lipinski definition) is 0. The Morgan fingerprint density at radius 3 is 1.94 bits per heavy atom. The highest BCUT2D eigenvalue weighted by Crippen LogP contribution is 2.34. The largest absolute Gasteiger partial charge is 0.372 e. The van der Waals surface area contributed by atoms with E-state index in [2.05, 4.69) is 93.6 Å². The Hall–Kier alpha value is -2.62. The molecule has 0 bridgehead atoms. The molecule has 0 N–H and O–H groups in total. The molecule has 0 aliphatic carbocycles. The molecule has 0 aromatic heterocycles. The van der Waals surface area contributed by atoms with E-state index < -0.39 is 0 Å². The summed E-state index contributed by atoms with van der Waals surface area (Å²) in [5, 5.41) is 0. The minimum absolute atomic E-state index is 0.356. The Morgan fingerprint density at radius 1 is 0.647 bits per heavy atom. The smallest absolute Gasteiger partial charge is 0.0601 e. The van der Waals surface area contributed by atoms with Crippen molar-refractivity contribution in [1.29, 1.82) is 0 Å². The summed E-state index contributed by atoms with van der Waals surface area (Å²) in [6.45, 7) is 7.13. The van der Waals surface area contributed by atoms with E-state index in [4.69, 9.17) is 0 Å². The molecule has 0 radical (unpaired) electrons. The lowest BCUT2D eigenvalue weighted by Crippen LogP contribution is -2.47. The summed E-state index contributed by atoms with van der Waals surface area (Å²) in [6.07, 6.45) is 6.42. The molecule has 3 nitrogen and oxygen atoms in total. The fourth-order valence-corrected chi connectivity index (χ4v) is 6.44. The molecule has 0 spiro atoms. The molecule has 3 aliphatic heterocycles. The first-order valence-corrected chi connectivity index (χ1v) is 13.3. The lowest BCUT2D eigenvalue weighted by atomic mass is 9.92. The van der Waals surface area contributed by atoms with Crippen LogP contribution in [0.15, 0.2) is 78.9 Å². The molecule has 176 valence electrons. The van der Waals surface area contributed by atoms with Gasteiger partial charge in [-0.25, -0.2) is 0 Å². The van der Waals surface area contributed by atoms with Crippen molar-refractivity contribution in [3.8, 4) is 0 Å². The number of hydrogen-bond acceptors (Lipinski definition) is 3. The monoisotopic (exact) mass is 451 g/mol. The molecule has 3 aromatic carbocycles. The third-order valence-electron chi connectivity index (χ3n) is 8.31. The zero-order valence-electron chi connectivity index (χ0n) is 20.3. The summed E-state index contributed by atoms with van der Waals surface area (Å²) in [5.41, 5.74) is 7.42. The molecule has 3 aliphatic rings. The van der Waals surface area contributed by atoms with Crippen LogP contribution in [0, 0.1) is 0 Å². The van der Waals surface area contributed by atoms with Gasteiger partial charge in [-0.1, -0.05) is 66.7 Å². The Labute approximate surface area is 205 Å². The Kier molecular flexibility index (Phi) is 6.39. The molecule has 3 heteroatoms. The summed E-state index contributed by atoms with van der Waals surface area (Å²) in [4.78, 5) is 8.05. The fraction of sp³-hybridized carbons (Fsp3) is 0.419. The molecule has 0 amide bonds. The van der Waals surface area contributed by atoms with Crippen molar-refractivity contribution in [1.82, 2.24) is 9.80 Å². The predicted octanol–water partition coefficient (Wildman–Crippen LogP) is 5.90. The minimum atomic E-state index is 0.356. The van der Waals surface area contributed by atoms with Crippen molar-refractivity contribution in [3.05, 3.63) is 101 Å².